The number of carbonyl (C=O) groups excluding carboxylic acids is 1. The van der Waals surface area contributed by atoms with Crippen molar-refractivity contribution in [1.29, 1.82) is 0 Å². The van der Waals surface area contributed by atoms with Gasteiger partial charge in [0.05, 0.1) is 19.0 Å². The smallest absolute Gasteiger partial charge is 0.230 e. The molecule has 0 unspecified atom stereocenters. The Morgan fingerprint density at radius 3 is 2.86 bits per heavy atom. The summed E-state index contributed by atoms with van der Waals surface area (Å²) < 4.78 is 6.18. The zero-order chi connectivity index (χ0) is 20.0. The molecule has 1 aromatic carbocycles. The Hall–Kier alpha value is -1.68. The van der Waals surface area contributed by atoms with Crippen LogP contribution in [0.25, 0.3) is 0 Å². The van der Waals surface area contributed by atoms with E-state index in [1.54, 1.807) is 0 Å². The van der Waals surface area contributed by atoms with Gasteiger partial charge in [0.1, 0.15) is 0 Å². The largest absolute Gasteiger partial charge is 0.379 e. The Morgan fingerprint density at radius 2 is 2.11 bits per heavy atom. The predicted octanol–water partition coefficient (Wildman–Crippen LogP) is 2.91. The van der Waals surface area contributed by atoms with Gasteiger partial charge in [-0.1, -0.05) is 35.2 Å². The number of morpholine rings is 1. The molecule has 1 aliphatic rings. The van der Waals surface area contributed by atoms with E-state index in [2.05, 4.69) is 45.6 Å². The SMILES string of the molecule is Cc1cccc(Nc2nnc(SCC(=O)NCC(C)(C)N3CCOCC3)s2)c1. The van der Waals surface area contributed by atoms with Gasteiger partial charge in [0.25, 0.3) is 0 Å². The molecule has 3 rings (SSSR count). The minimum Gasteiger partial charge on any atom is -0.379 e. The first-order chi connectivity index (χ1) is 13.4. The van der Waals surface area contributed by atoms with E-state index in [-0.39, 0.29) is 11.4 Å². The quantitative estimate of drug-likeness (QED) is 0.635. The first-order valence-corrected chi connectivity index (χ1v) is 11.1. The number of ether oxygens (including phenoxy) is 1. The van der Waals surface area contributed by atoms with E-state index in [9.17, 15) is 4.79 Å². The highest BCUT2D eigenvalue weighted by Crippen LogP contribution is 2.27. The number of anilines is 2. The summed E-state index contributed by atoms with van der Waals surface area (Å²) in [5.74, 6) is 0.341. The number of nitrogens with zero attached hydrogens (tertiary/aromatic N) is 3. The van der Waals surface area contributed by atoms with E-state index in [1.165, 1.54) is 28.7 Å². The minimum atomic E-state index is -0.0856. The molecule has 0 bridgehead atoms. The molecule has 1 amide bonds. The van der Waals surface area contributed by atoms with E-state index in [1.807, 2.05) is 25.1 Å². The highest BCUT2D eigenvalue weighted by atomic mass is 32.2. The lowest BCUT2D eigenvalue weighted by Gasteiger charge is -2.40. The third-order valence-corrected chi connectivity index (χ3v) is 6.56. The van der Waals surface area contributed by atoms with Crippen LogP contribution >= 0.6 is 23.1 Å². The van der Waals surface area contributed by atoms with Crippen molar-refractivity contribution < 1.29 is 9.53 Å². The van der Waals surface area contributed by atoms with Crippen molar-refractivity contribution >= 4 is 39.8 Å². The number of hydrogen-bond donors (Lipinski definition) is 2. The molecule has 1 aromatic heterocycles. The van der Waals surface area contributed by atoms with E-state index in [4.69, 9.17) is 4.74 Å². The second-order valence-corrected chi connectivity index (χ2v) is 9.54. The molecule has 7 nitrogen and oxygen atoms in total. The van der Waals surface area contributed by atoms with E-state index in [0.717, 1.165) is 41.5 Å². The standard InChI is InChI=1S/C19H27N5O2S2/c1-14-5-4-6-15(11-14)21-17-22-23-18(28-17)27-12-16(25)20-13-19(2,3)24-7-9-26-10-8-24/h4-6,11H,7-10,12-13H2,1-3H3,(H,20,25)(H,21,22). The number of carbonyl (C=O) groups is 1. The molecule has 9 heteroatoms. The molecule has 2 N–H and O–H groups in total. The Kier molecular flexibility index (Phi) is 7.28. The average molecular weight is 422 g/mol. The van der Waals surface area contributed by atoms with Crippen molar-refractivity contribution in [3.63, 3.8) is 0 Å². The Bertz CT molecular complexity index is 790. The summed E-state index contributed by atoms with van der Waals surface area (Å²) in [6.07, 6.45) is 0. The zero-order valence-corrected chi connectivity index (χ0v) is 18.2. The normalized spacial score (nSPS) is 15.4. The monoisotopic (exact) mass is 421 g/mol. The topological polar surface area (TPSA) is 79.4 Å². The number of thioether (sulfide) groups is 1. The molecule has 1 fully saturated rings. The lowest BCUT2D eigenvalue weighted by Crippen LogP contribution is -2.55. The summed E-state index contributed by atoms with van der Waals surface area (Å²) in [5, 5.41) is 15.3. The van der Waals surface area contributed by atoms with E-state index < -0.39 is 0 Å². The first kappa shape index (κ1) is 21.0. The lowest BCUT2D eigenvalue weighted by atomic mass is 10.0. The average Bonchev–Trinajstić information content (AvgIpc) is 3.13. The molecule has 2 aromatic rings. The highest BCUT2D eigenvalue weighted by Gasteiger charge is 2.28. The van der Waals surface area contributed by atoms with E-state index in [0.29, 0.717) is 12.3 Å². The van der Waals surface area contributed by atoms with Crippen LogP contribution in [-0.2, 0) is 9.53 Å². The third-order valence-electron chi connectivity index (χ3n) is 4.59. The summed E-state index contributed by atoms with van der Waals surface area (Å²) in [6.45, 7) is 10.3. The van der Waals surface area contributed by atoms with Gasteiger partial charge in [0, 0.05) is 30.9 Å². The fraction of sp³-hybridized carbons (Fsp3) is 0.526. The molecule has 0 saturated carbocycles. The van der Waals surface area contributed by atoms with Crippen molar-refractivity contribution in [2.24, 2.45) is 0 Å². The van der Waals surface area contributed by atoms with Crippen LogP contribution in [0, 0.1) is 6.92 Å². The van der Waals surface area contributed by atoms with Crippen molar-refractivity contribution in [2.75, 3.05) is 43.9 Å². The number of hydrogen-bond acceptors (Lipinski definition) is 8. The summed E-state index contributed by atoms with van der Waals surface area (Å²) >= 11 is 2.86. The molecular weight excluding hydrogens is 394 g/mol. The number of rotatable bonds is 8. The molecule has 0 radical (unpaired) electrons. The molecule has 1 aliphatic heterocycles. The maximum absolute atomic E-state index is 12.2. The van der Waals surface area contributed by atoms with Crippen LogP contribution in [0.15, 0.2) is 28.6 Å². The molecule has 28 heavy (non-hydrogen) atoms. The Labute approximate surface area is 174 Å². The first-order valence-electron chi connectivity index (χ1n) is 9.32. The molecule has 1 saturated heterocycles. The molecule has 2 heterocycles. The number of amides is 1. The molecule has 0 aliphatic carbocycles. The van der Waals surface area contributed by atoms with Crippen LogP contribution in [0.2, 0.25) is 0 Å². The fourth-order valence-corrected chi connectivity index (χ4v) is 4.54. The van der Waals surface area contributed by atoms with Crippen molar-refractivity contribution in [3.05, 3.63) is 29.8 Å². The number of aromatic nitrogens is 2. The number of benzene rings is 1. The summed E-state index contributed by atoms with van der Waals surface area (Å²) in [7, 11) is 0. The van der Waals surface area contributed by atoms with Crippen LogP contribution in [0.1, 0.15) is 19.4 Å². The van der Waals surface area contributed by atoms with Crippen molar-refractivity contribution in [2.45, 2.75) is 30.6 Å². The third kappa shape index (κ3) is 6.16. The molecule has 0 spiro atoms. The molecule has 152 valence electrons. The van der Waals surface area contributed by atoms with Gasteiger partial charge >= 0.3 is 0 Å². The Morgan fingerprint density at radius 1 is 1.32 bits per heavy atom. The summed E-state index contributed by atoms with van der Waals surface area (Å²) in [6, 6.07) is 8.09. The number of aryl methyl sites for hydroxylation is 1. The second kappa shape index (κ2) is 9.69. The molecule has 0 atom stereocenters. The van der Waals surface area contributed by atoms with Gasteiger partial charge in [-0.3, -0.25) is 9.69 Å². The maximum Gasteiger partial charge on any atom is 0.230 e. The molecular formula is C19H27N5O2S2. The summed E-state index contributed by atoms with van der Waals surface area (Å²) in [5.41, 5.74) is 2.08. The van der Waals surface area contributed by atoms with Crippen molar-refractivity contribution in [1.82, 2.24) is 20.4 Å². The number of nitrogens with one attached hydrogen (secondary N) is 2. The fourth-order valence-electron chi connectivity index (χ4n) is 2.94. The van der Waals surface area contributed by atoms with E-state index >= 15 is 0 Å². The van der Waals surface area contributed by atoms with Crippen LogP contribution < -0.4 is 10.6 Å². The minimum absolute atomic E-state index is 0.00901. The van der Waals surface area contributed by atoms with Crippen LogP contribution in [0.5, 0.6) is 0 Å². The highest BCUT2D eigenvalue weighted by molar-refractivity contribution is 8.01. The van der Waals surface area contributed by atoms with Gasteiger partial charge in [-0.2, -0.15) is 0 Å². The van der Waals surface area contributed by atoms with Crippen LogP contribution in [-0.4, -0.2) is 65.1 Å². The predicted molar refractivity (Wildman–Crippen MR) is 115 cm³/mol. The van der Waals surface area contributed by atoms with Crippen LogP contribution in [0.4, 0.5) is 10.8 Å². The Balaban J connectivity index is 1.42. The van der Waals surface area contributed by atoms with Gasteiger partial charge in [-0.15, -0.1) is 10.2 Å². The summed E-state index contributed by atoms with van der Waals surface area (Å²) in [4.78, 5) is 14.6. The van der Waals surface area contributed by atoms with Crippen LogP contribution in [0.3, 0.4) is 0 Å². The van der Waals surface area contributed by atoms with Gasteiger partial charge in [0.2, 0.25) is 11.0 Å². The van der Waals surface area contributed by atoms with Crippen molar-refractivity contribution in [3.8, 4) is 0 Å². The van der Waals surface area contributed by atoms with Gasteiger partial charge < -0.3 is 15.4 Å². The zero-order valence-electron chi connectivity index (χ0n) is 16.5. The van der Waals surface area contributed by atoms with Gasteiger partial charge in [0.15, 0.2) is 4.34 Å². The maximum atomic E-state index is 12.2. The van der Waals surface area contributed by atoms with Gasteiger partial charge in [-0.05, 0) is 38.5 Å². The lowest BCUT2D eigenvalue weighted by molar-refractivity contribution is -0.119. The second-order valence-electron chi connectivity index (χ2n) is 7.34. The van der Waals surface area contributed by atoms with Gasteiger partial charge in [-0.25, -0.2) is 0 Å².